The quantitative estimate of drug-likeness (QED) is 0.295. The third-order valence-electron chi connectivity index (χ3n) is 7.66. The molecule has 1 N–H and O–H groups in total. The van der Waals surface area contributed by atoms with Crippen molar-refractivity contribution in [3.8, 4) is 0 Å². The summed E-state index contributed by atoms with van der Waals surface area (Å²) in [6.07, 6.45) is 1.96. The van der Waals surface area contributed by atoms with E-state index in [4.69, 9.17) is 4.98 Å². The van der Waals surface area contributed by atoms with Gasteiger partial charge in [0.2, 0.25) is 5.91 Å². The molecule has 4 aromatic carbocycles. The summed E-state index contributed by atoms with van der Waals surface area (Å²) in [7, 11) is 0. The van der Waals surface area contributed by atoms with E-state index in [0.29, 0.717) is 0 Å². The second-order valence-electron chi connectivity index (χ2n) is 10.0. The Labute approximate surface area is 233 Å². The van der Waals surface area contributed by atoms with Gasteiger partial charge in [-0.05, 0) is 22.3 Å². The molecular weight excluding hydrogens is 498 g/mol. The topological polar surface area (TPSA) is 75.4 Å². The van der Waals surface area contributed by atoms with Crippen LogP contribution in [0.4, 0.5) is 0 Å². The Morgan fingerprint density at radius 1 is 0.700 bits per heavy atom. The number of amides is 1. The van der Waals surface area contributed by atoms with Crippen molar-refractivity contribution in [1.29, 1.82) is 0 Å². The third kappa shape index (κ3) is 4.80. The predicted octanol–water partition coefficient (Wildman–Crippen LogP) is 5.69. The average molecular weight is 528 g/mol. The lowest BCUT2D eigenvalue weighted by Gasteiger charge is -2.36. The Morgan fingerprint density at radius 2 is 1.15 bits per heavy atom. The molecule has 1 aromatic heterocycles. The van der Waals surface area contributed by atoms with E-state index in [9.17, 15) is 14.7 Å². The number of hydrogen-bond acceptors (Lipinski definition) is 3. The molecule has 6 heteroatoms. The van der Waals surface area contributed by atoms with Gasteiger partial charge in [-0.1, -0.05) is 121 Å². The van der Waals surface area contributed by atoms with Crippen molar-refractivity contribution in [2.45, 2.75) is 31.0 Å². The number of hydrogen-bond donors (Lipinski definition) is 1. The number of rotatable bonds is 7. The zero-order valence-electron chi connectivity index (χ0n) is 21.9. The first-order valence-electron chi connectivity index (χ1n) is 13.4. The summed E-state index contributed by atoms with van der Waals surface area (Å²) in [5.74, 6) is -1.88. The van der Waals surface area contributed by atoms with Crippen molar-refractivity contribution < 1.29 is 14.7 Å². The molecule has 5 aromatic rings. The molecule has 0 spiro atoms. The summed E-state index contributed by atoms with van der Waals surface area (Å²) >= 11 is 0. The van der Waals surface area contributed by atoms with Gasteiger partial charge in [0.15, 0.2) is 0 Å². The van der Waals surface area contributed by atoms with Gasteiger partial charge in [0, 0.05) is 12.1 Å². The Morgan fingerprint density at radius 3 is 1.60 bits per heavy atom. The lowest BCUT2D eigenvalue weighted by Crippen LogP contribution is -2.50. The number of aromatic nitrogens is 2. The molecule has 1 atom stereocenters. The van der Waals surface area contributed by atoms with Crippen LogP contribution in [0.1, 0.15) is 45.6 Å². The number of benzene rings is 4. The Balaban J connectivity index is 1.41. The molecule has 0 radical (unpaired) electrons. The molecule has 6 nitrogen and oxygen atoms in total. The summed E-state index contributed by atoms with van der Waals surface area (Å²) in [4.78, 5) is 33.2. The first-order valence-corrected chi connectivity index (χ1v) is 13.4. The number of aliphatic carboxylic acids is 1. The number of carbonyl (C=O) groups is 2. The van der Waals surface area contributed by atoms with Crippen molar-refractivity contribution in [3.05, 3.63) is 161 Å². The van der Waals surface area contributed by atoms with Crippen LogP contribution >= 0.6 is 0 Å². The van der Waals surface area contributed by atoms with Crippen molar-refractivity contribution in [2.24, 2.45) is 0 Å². The third-order valence-corrected chi connectivity index (χ3v) is 7.66. The van der Waals surface area contributed by atoms with Crippen LogP contribution in [0.3, 0.4) is 0 Å². The number of fused-ring (bicyclic) bond motifs is 1. The van der Waals surface area contributed by atoms with Crippen LogP contribution < -0.4 is 0 Å². The van der Waals surface area contributed by atoms with Crippen LogP contribution in [-0.2, 0) is 22.6 Å². The Bertz CT molecular complexity index is 1520. The highest BCUT2D eigenvalue weighted by Gasteiger charge is 2.41. The van der Waals surface area contributed by atoms with E-state index in [-0.39, 0.29) is 24.9 Å². The van der Waals surface area contributed by atoms with Crippen LogP contribution in [0.5, 0.6) is 0 Å². The molecule has 0 bridgehead atoms. The van der Waals surface area contributed by atoms with Crippen LogP contribution in [-0.4, -0.2) is 37.5 Å². The highest BCUT2D eigenvalue weighted by atomic mass is 16.4. The van der Waals surface area contributed by atoms with Crippen LogP contribution in [0.25, 0.3) is 0 Å². The zero-order chi connectivity index (χ0) is 27.5. The summed E-state index contributed by atoms with van der Waals surface area (Å²) in [6, 6.07) is 38.2. The van der Waals surface area contributed by atoms with E-state index in [1.54, 1.807) is 6.33 Å². The van der Waals surface area contributed by atoms with Gasteiger partial charge in [0.1, 0.15) is 6.04 Å². The molecule has 198 valence electrons. The predicted molar refractivity (Wildman–Crippen MR) is 153 cm³/mol. The molecule has 2 heterocycles. The minimum Gasteiger partial charge on any atom is -0.480 e. The molecular formula is C34H29N3O3. The SMILES string of the molecule is O=C(O)[C@@H]1Cc2c(ncn2C(c2ccccc2)c2ccccc2)CN1C(=O)C(c1ccccc1)c1ccccc1. The van der Waals surface area contributed by atoms with Gasteiger partial charge < -0.3 is 14.6 Å². The maximum Gasteiger partial charge on any atom is 0.326 e. The number of carboxylic acid groups (broad SMARTS) is 1. The molecule has 1 aliphatic heterocycles. The first-order chi connectivity index (χ1) is 19.6. The first kappa shape index (κ1) is 25.3. The summed E-state index contributed by atoms with van der Waals surface area (Å²) < 4.78 is 2.07. The highest BCUT2D eigenvalue weighted by Crippen LogP contribution is 2.35. The van der Waals surface area contributed by atoms with Crippen LogP contribution in [0, 0.1) is 0 Å². The van der Waals surface area contributed by atoms with E-state index < -0.39 is 17.9 Å². The van der Waals surface area contributed by atoms with Crippen molar-refractivity contribution >= 4 is 11.9 Å². The van der Waals surface area contributed by atoms with Gasteiger partial charge in [-0.3, -0.25) is 4.79 Å². The van der Waals surface area contributed by atoms with E-state index in [1.165, 1.54) is 4.90 Å². The fourth-order valence-electron chi connectivity index (χ4n) is 5.74. The molecule has 1 amide bonds. The minimum atomic E-state index is -1.03. The van der Waals surface area contributed by atoms with Crippen LogP contribution in [0.15, 0.2) is 128 Å². The minimum absolute atomic E-state index is 0.130. The maximum absolute atomic E-state index is 14.2. The summed E-state index contributed by atoms with van der Waals surface area (Å²) in [6.45, 7) is 0.130. The van der Waals surface area contributed by atoms with Crippen molar-refractivity contribution in [1.82, 2.24) is 14.5 Å². The van der Waals surface area contributed by atoms with E-state index in [0.717, 1.165) is 33.6 Å². The number of nitrogens with zero attached hydrogens (tertiary/aromatic N) is 3. The normalized spacial score (nSPS) is 14.8. The smallest absolute Gasteiger partial charge is 0.326 e. The summed E-state index contributed by atoms with van der Waals surface area (Å²) in [5.41, 5.74) is 5.37. The van der Waals surface area contributed by atoms with Gasteiger partial charge in [0.25, 0.3) is 0 Å². The van der Waals surface area contributed by atoms with E-state index in [1.807, 2.05) is 97.1 Å². The molecule has 40 heavy (non-hydrogen) atoms. The fraction of sp³-hybridized carbons (Fsp3) is 0.147. The molecule has 0 aliphatic carbocycles. The largest absolute Gasteiger partial charge is 0.480 e. The highest BCUT2D eigenvalue weighted by molar-refractivity contribution is 5.91. The average Bonchev–Trinajstić information content (AvgIpc) is 3.41. The lowest BCUT2D eigenvalue weighted by atomic mass is 9.88. The van der Waals surface area contributed by atoms with Gasteiger partial charge in [-0.15, -0.1) is 0 Å². The van der Waals surface area contributed by atoms with E-state index in [2.05, 4.69) is 28.8 Å². The molecule has 0 saturated heterocycles. The maximum atomic E-state index is 14.2. The number of imidazole rings is 1. The fourth-order valence-corrected chi connectivity index (χ4v) is 5.74. The lowest BCUT2D eigenvalue weighted by molar-refractivity contribution is -0.151. The van der Waals surface area contributed by atoms with Crippen molar-refractivity contribution in [3.63, 3.8) is 0 Å². The van der Waals surface area contributed by atoms with Crippen molar-refractivity contribution in [2.75, 3.05) is 0 Å². The molecule has 0 fully saturated rings. The second-order valence-corrected chi connectivity index (χ2v) is 10.0. The van der Waals surface area contributed by atoms with Gasteiger partial charge in [0.05, 0.1) is 30.5 Å². The number of carboxylic acids is 1. The summed E-state index contributed by atoms with van der Waals surface area (Å²) in [5, 5.41) is 10.4. The number of carbonyl (C=O) groups excluding carboxylic acids is 1. The molecule has 6 rings (SSSR count). The molecule has 1 aliphatic rings. The Hall–Kier alpha value is -4.97. The standard InChI is InChI=1S/C34H29N3O3/c38-33(31(24-13-5-1-6-14-24)25-15-7-2-8-16-25)36-22-28-29(21-30(36)34(39)40)37(23-35-28)32(26-17-9-3-10-18-26)27-19-11-4-12-20-27/h1-20,23,30-32H,21-22H2,(H,39,40)/t30-/m0/s1. The van der Waals surface area contributed by atoms with Crippen LogP contribution in [0.2, 0.25) is 0 Å². The second kappa shape index (κ2) is 11.0. The molecule has 0 saturated carbocycles. The monoisotopic (exact) mass is 527 g/mol. The van der Waals surface area contributed by atoms with Gasteiger partial charge >= 0.3 is 5.97 Å². The van der Waals surface area contributed by atoms with Gasteiger partial charge in [-0.2, -0.15) is 0 Å². The zero-order valence-corrected chi connectivity index (χ0v) is 21.9. The van der Waals surface area contributed by atoms with E-state index >= 15 is 0 Å². The van der Waals surface area contributed by atoms with Gasteiger partial charge in [-0.25, -0.2) is 9.78 Å². The Kier molecular flexibility index (Phi) is 6.98. The molecule has 0 unspecified atom stereocenters.